The SMILES string of the molecule is CC(C)Oc1ccc2ccccc2c1CNC[C@H]1O[C@@H](n2cnc(C(N)=O)n2)[C@H](O)[C@@H]1O. The van der Waals surface area contributed by atoms with Gasteiger partial charge in [-0.05, 0) is 30.7 Å². The summed E-state index contributed by atoms with van der Waals surface area (Å²) in [6.07, 6.45) is -2.79. The van der Waals surface area contributed by atoms with Gasteiger partial charge in [-0.1, -0.05) is 30.3 Å². The number of aliphatic hydroxyl groups excluding tert-OH is 2. The van der Waals surface area contributed by atoms with Crippen LogP contribution in [0.5, 0.6) is 5.75 Å². The number of nitrogens with two attached hydrogens (primary N) is 1. The quantitative estimate of drug-likeness (QED) is 0.400. The summed E-state index contributed by atoms with van der Waals surface area (Å²) in [6.45, 7) is 4.71. The first-order valence-electron chi connectivity index (χ1n) is 10.5. The Morgan fingerprint density at radius 2 is 2.03 bits per heavy atom. The number of ether oxygens (including phenoxy) is 2. The number of carbonyl (C=O) groups is 1. The van der Waals surface area contributed by atoms with Crippen molar-refractivity contribution >= 4 is 16.7 Å². The molecule has 4 rings (SSSR count). The Labute approximate surface area is 185 Å². The minimum Gasteiger partial charge on any atom is -0.491 e. The highest BCUT2D eigenvalue weighted by molar-refractivity contribution is 5.88. The van der Waals surface area contributed by atoms with E-state index in [0.717, 1.165) is 22.1 Å². The topological polar surface area (TPSA) is 145 Å². The Morgan fingerprint density at radius 1 is 1.25 bits per heavy atom. The van der Waals surface area contributed by atoms with Crippen molar-refractivity contribution in [2.24, 2.45) is 5.73 Å². The molecule has 1 aliphatic rings. The van der Waals surface area contributed by atoms with E-state index in [1.54, 1.807) is 0 Å². The average molecular weight is 441 g/mol. The van der Waals surface area contributed by atoms with Gasteiger partial charge in [0, 0.05) is 18.7 Å². The van der Waals surface area contributed by atoms with Gasteiger partial charge in [-0.15, -0.1) is 5.10 Å². The number of aliphatic hydroxyl groups is 2. The standard InChI is InChI=1S/C22H27N5O5/c1-12(2)31-16-8-7-13-5-3-4-6-14(13)15(16)9-24-10-17-18(28)19(29)22(32-17)27-11-25-21(26-27)20(23)30/h3-8,11-12,17-19,22,24,28-29H,9-10H2,1-2H3,(H2,23,30)/t17-,18-,19-,22-/m1/s1. The van der Waals surface area contributed by atoms with Crippen LogP contribution in [-0.2, 0) is 11.3 Å². The molecule has 5 N–H and O–H groups in total. The lowest BCUT2D eigenvalue weighted by molar-refractivity contribution is -0.0439. The smallest absolute Gasteiger partial charge is 0.288 e. The lowest BCUT2D eigenvalue weighted by atomic mass is 10.0. The zero-order valence-corrected chi connectivity index (χ0v) is 17.9. The fourth-order valence-corrected chi connectivity index (χ4v) is 3.83. The molecular formula is C22H27N5O5. The predicted octanol–water partition coefficient (Wildman–Crippen LogP) is 0.726. The first-order valence-corrected chi connectivity index (χ1v) is 10.5. The van der Waals surface area contributed by atoms with Crippen molar-refractivity contribution in [3.8, 4) is 5.75 Å². The Bertz CT molecular complexity index is 1100. The molecule has 1 aliphatic heterocycles. The van der Waals surface area contributed by atoms with Crippen molar-refractivity contribution in [2.45, 2.75) is 51.0 Å². The molecule has 10 heteroatoms. The minimum atomic E-state index is -1.23. The fourth-order valence-electron chi connectivity index (χ4n) is 3.83. The number of aromatic nitrogens is 3. The van der Waals surface area contributed by atoms with Crippen LogP contribution in [0.2, 0.25) is 0 Å². The molecule has 32 heavy (non-hydrogen) atoms. The first-order chi connectivity index (χ1) is 15.3. The van der Waals surface area contributed by atoms with Crippen molar-refractivity contribution in [1.29, 1.82) is 0 Å². The molecule has 1 fully saturated rings. The van der Waals surface area contributed by atoms with Gasteiger partial charge < -0.3 is 30.7 Å². The van der Waals surface area contributed by atoms with Crippen LogP contribution >= 0.6 is 0 Å². The Balaban J connectivity index is 1.46. The van der Waals surface area contributed by atoms with Crippen LogP contribution in [0.15, 0.2) is 42.7 Å². The molecule has 2 aromatic carbocycles. The molecule has 0 aliphatic carbocycles. The number of primary amides is 1. The van der Waals surface area contributed by atoms with Crippen LogP contribution in [-0.4, -0.2) is 61.8 Å². The maximum atomic E-state index is 11.2. The molecule has 3 aromatic rings. The normalized spacial score (nSPS) is 23.2. The van der Waals surface area contributed by atoms with E-state index < -0.39 is 30.4 Å². The van der Waals surface area contributed by atoms with Crippen molar-refractivity contribution in [1.82, 2.24) is 20.1 Å². The molecule has 1 saturated heterocycles. The van der Waals surface area contributed by atoms with Crippen LogP contribution in [0, 0.1) is 0 Å². The number of hydrogen-bond acceptors (Lipinski definition) is 8. The molecule has 1 amide bonds. The van der Waals surface area contributed by atoms with Gasteiger partial charge in [0.05, 0.1) is 6.10 Å². The molecule has 0 bridgehead atoms. The summed E-state index contributed by atoms with van der Waals surface area (Å²) in [5.41, 5.74) is 6.17. The summed E-state index contributed by atoms with van der Waals surface area (Å²) in [5, 5.41) is 30.2. The highest BCUT2D eigenvalue weighted by atomic mass is 16.6. The van der Waals surface area contributed by atoms with Crippen LogP contribution in [0.25, 0.3) is 10.8 Å². The Kier molecular flexibility index (Phi) is 6.38. The third kappa shape index (κ3) is 4.44. The second kappa shape index (κ2) is 9.21. The van der Waals surface area contributed by atoms with Crippen molar-refractivity contribution in [3.05, 3.63) is 54.1 Å². The van der Waals surface area contributed by atoms with Crippen molar-refractivity contribution < 1.29 is 24.5 Å². The van der Waals surface area contributed by atoms with Gasteiger partial charge in [-0.25, -0.2) is 9.67 Å². The number of rotatable bonds is 8. The zero-order valence-electron chi connectivity index (χ0n) is 17.9. The van der Waals surface area contributed by atoms with Gasteiger partial charge in [0.2, 0.25) is 5.82 Å². The summed E-state index contributed by atoms with van der Waals surface area (Å²) in [4.78, 5) is 15.0. The largest absolute Gasteiger partial charge is 0.491 e. The molecule has 0 unspecified atom stereocenters. The van der Waals surface area contributed by atoms with E-state index in [4.69, 9.17) is 15.2 Å². The van der Waals surface area contributed by atoms with Crippen LogP contribution in [0.4, 0.5) is 0 Å². The second-order valence-corrected chi connectivity index (χ2v) is 8.02. The highest BCUT2D eigenvalue weighted by Crippen LogP contribution is 2.30. The number of fused-ring (bicyclic) bond motifs is 1. The number of hydrogen-bond donors (Lipinski definition) is 4. The molecule has 2 heterocycles. The number of nitrogens with zero attached hydrogens (tertiary/aromatic N) is 3. The average Bonchev–Trinajstić information content (AvgIpc) is 3.35. The summed E-state index contributed by atoms with van der Waals surface area (Å²) in [6, 6.07) is 12.0. The molecule has 170 valence electrons. The fraction of sp³-hybridized carbons (Fsp3) is 0.409. The Hall–Kier alpha value is -3.05. The monoisotopic (exact) mass is 441 g/mol. The van der Waals surface area contributed by atoms with Gasteiger partial charge in [0.15, 0.2) is 6.23 Å². The first kappa shape index (κ1) is 22.2. The molecule has 4 atom stereocenters. The Morgan fingerprint density at radius 3 is 2.75 bits per heavy atom. The maximum absolute atomic E-state index is 11.2. The molecular weight excluding hydrogens is 414 g/mol. The zero-order chi connectivity index (χ0) is 22.8. The molecule has 0 radical (unpaired) electrons. The van der Waals surface area contributed by atoms with Crippen molar-refractivity contribution in [3.63, 3.8) is 0 Å². The lowest BCUT2D eigenvalue weighted by Crippen LogP contribution is -2.37. The third-order valence-electron chi connectivity index (χ3n) is 5.33. The highest BCUT2D eigenvalue weighted by Gasteiger charge is 2.44. The van der Waals surface area contributed by atoms with E-state index in [9.17, 15) is 15.0 Å². The van der Waals surface area contributed by atoms with E-state index >= 15 is 0 Å². The number of nitrogens with one attached hydrogen (secondary N) is 1. The summed E-state index contributed by atoms with van der Waals surface area (Å²) in [5.74, 6) is -0.186. The lowest BCUT2D eigenvalue weighted by Gasteiger charge is -2.19. The van der Waals surface area contributed by atoms with Gasteiger partial charge in [0.1, 0.15) is 30.4 Å². The van der Waals surface area contributed by atoms with E-state index in [2.05, 4.69) is 15.4 Å². The number of carbonyl (C=O) groups excluding carboxylic acids is 1. The minimum absolute atomic E-state index is 0.0266. The summed E-state index contributed by atoms with van der Waals surface area (Å²) in [7, 11) is 0. The maximum Gasteiger partial charge on any atom is 0.288 e. The second-order valence-electron chi connectivity index (χ2n) is 8.02. The van der Waals surface area contributed by atoms with E-state index in [1.807, 2.05) is 50.2 Å². The van der Waals surface area contributed by atoms with Gasteiger partial charge in [-0.3, -0.25) is 4.79 Å². The summed E-state index contributed by atoms with van der Waals surface area (Å²) < 4.78 is 13.0. The van der Waals surface area contributed by atoms with Crippen LogP contribution in [0.1, 0.15) is 36.3 Å². The van der Waals surface area contributed by atoms with Crippen molar-refractivity contribution in [2.75, 3.05) is 6.54 Å². The number of amides is 1. The van der Waals surface area contributed by atoms with Gasteiger partial charge >= 0.3 is 0 Å². The molecule has 0 spiro atoms. The van der Waals surface area contributed by atoms with E-state index in [0.29, 0.717) is 6.54 Å². The molecule has 1 aromatic heterocycles. The van der Waals surface area contributed by atoms with Crippen LogP contribution < -0.4 is 15.8 Å². The predicted molar refractivity (Wildman–Crippen MR) is 116 cm³/mol. The number of benzene rings is 2. The third-order valence-corrected chi connectivity index (χ3v) is 5.33. The summed E-state index contributed by atoms with van der Waals surface area (Å²) >= 11 is 0. The van der Waals surface area contributed by atoms with Gasteiger partial charge in [-0.2, -0.15) is 0 Å². The molecule has 0 saturated carbocycles. The van der Waals surface area contributed by atoms with Crippen LogP contribution in [0.3, 0.4) is 0 Å². The van der Waals surface area contributed by atoms with E-state index in [-0.39, 0.29) is 18.5 Å². The van der Waals surface area contributed by atoms with Gasteiger partial charge in [0.25, 0.3) is 5.91 Å². The molecule has 10 nitrogen and oxygen atoms in total. The van der Waals surface area contributed by atoms with E-state index in [1.165, 1.54) is 11.0 Å².